The highest BCUT2D eigenvalue weighted by Crippen LogP contribution is 2.33. The molecule has 0 bridgehead atoms. The van der Waals surface area contributed by atoms with Crippen molar-refractivity contribution in [3.8, 4) is 5.75 Å². The van der Waals surface area contributed by atoms with E-state index in [0.29, 0.717) is 6.61 Å². The summed E-state index contributed by atoms with van der Waals surface area (Å²) < 4.78 is 5.59. The summed E-state index contributed by atoms with van der Waals surface area (Å²) in [5, 5.41) is 14.6. The van der Waals surface area contributed by atoms with E-state index < -0.39 is 6.10 Å². The Kier molecular flexibility index (Phi) is 4.04. The molecule has 96 valence electrons. The van der Waals surface area contributed by atoms with E-state index in [1.807, 2.05) is 44.4 Å². The van der Waals surface area contributed by atoms with Crippen molar-refractivity contribution >= 4 is 11.3 Å². The van der Waals surface area contributed by atoms with Gasteiger partial charge in [-0.15, -0.1) is 0 Å². The second-order valence-corrected chi connectivity index (χ2v) is 5.13. The molecule has 2 rings (SSSR count). The predicted octanol–water partition coefficient (Wildman–Crippen LogP) is 3.85. The van der Waals surface area contributed by atoms with Gasteiger partial charge in [0.05, 0.1) is 6.61 Å². The molecule has 1 unspecified atom stereocenters. The second-order valence-electron chi connectivity index (χ2n) is 4.39. The first-order chi connectivity index (χ1) is 8.63. The second kappa shape index (κ2) is 5.55. The van der Waals surface area contributed by atoms with Crippen molar-refractivity contribution in [1.29, 1.82) is 0 Å². The lowest BCUT2D eigenvalue weighted by Gasteiger charge is -2.16. The third-order valence-corrected chi connectivity index (χ3v) is 3.83. The van der Waals surface area contributed by atoms with Crippen molar-refractivity contribution in [2.45, 2.75) is 26.9 Å². The fourth-order valence-electron chi connectivity index (χ4n) is 1.99. The topological polar surface area (TPSA) is 29.5 Å². The molecule has 1 N–H and O–H groups in total. The van der Waals surface area contributed by atoms with E-state index in [4.69, 9.17) is 4.74 Å². The molecule has 0 aliphatic heterocycles. The minimum Gasteiger partial charge on any atom is -0.493 e. The molecule has 1 heterocycles. The van der Waals surface area contributed by atoms with Crippen LogP contribution in [0.1, 0.15) is 35.3 Å². The van der Waals surface area contributed by atoms with Gasteiger partial charge in [-0.25, -0.2) is 0 Å². The summed E-state index contributed by atoms with van der Waals surface area (Å²) in [6, 6.07) is 5.92. The molecule has 0 radical (unpaired) electrons. The average molecular weight is 262 g/mol. The number of rotatable bonds is 4. The zero-order valence-electron chi connectivity index (χ0n) is 10.9. The summed E-state index contributed by atoms with van der Waals surface area (Å²) in [5.41, 5.74) is 4.06. The van der Waals surface area contributed by atoms with Crippen molar-refractivity contribution in [2.24, 2.45) is 0 Å². The minimum absolute atomic E-state index is 0.603. The van der Waals surface area contributed by atoms with Gasteiger partial charge in [0, 0.05) is 5.56 Å². The van der Waals surface area contributed by atoms with Gasteiger partial charge in [-0.05, 0) is 54.8 Å². The van der Waals surface area contributed by atoms with Gasteiger partial charge in [0.2, 0.25) is 0 Å². The Labute approximate surface area is 112 Å². The molecule has 1 aromatic heterocycles. The van der Waals surface area contributed by atoms with Crippen molar-refractivity contribution in [1.82, 2.24) is 0 Å². The number of thiophene rings is 1. The molecule has 2 nitrogen and oxygen atoms in total. The van der Waals surface area contributed by atoms with E-state index in [1.165, 1.54) is 0 Å². The Hall–Kier alpha value is -1.32. The zero-order chi connectivity index (χ0) is 13.1. The monoisotopic (exact) mass is 262 g/mol. The summed E-state index contributed by atoms with van der Waals surface area (Å²) >= 11 is 1.61. The molecule has 3 heteroatoms. The Balaban J connectivity index is 2.43. The van der Waals surface area contributed by atoms with E-state index in [9.17, 15) is 5.11 Å². The molecule has 0 saturated heterocycles. The molecule has 0 saturated carbocycles. The Bertz CT molecular complexity index is 531. The molecular weight excluding hydrogens is 244 g/mol. The van der Waals surface area contributed by atoms with Gasteiger partial charge in [0.1, 0.15) is 11.9 Å². The Morgan fingerprint density at radius 3 is 2.61 bits per heavy atom. The lowest BCUT2D eigenvalue weighted by Crippen LogP contribution is -2.04. The minimum atomic E-state index is -0.613. The van der Waals surface area contributed by atoms with Gasteiger partial charge >= 0.3 is 0 Å². The summed E-state index contributed by atoms with van der Waals surface area (Å²) in [5.74, 6) is 0.765. The van der Waals surface area contributed by atoms with Gasteiger partial charge in [-0.3, -0.25) is 0 Å². The standard InChI is InChI=1S/C15H18O2S/c1-4-17-14-6-5-10(2)7-12(14)15(16)13-9-18-8-11(13)3/h5-9,15-16H,4H2,1-3H3. The number of hydrogen-bond acceptors (Lipinski definition) is 3. The van der Waals surface area contributed by atoms with Crippen LogP contribution in [0, 0.1) is 13.8 Å². The quantitative estimate of drug-likeness (QED) is 0.907. The van der Waals surface area contributed by atoms with Crippen LogP contribution in [0.3, 0.4) is 0 Å². The average Bonchev–Trinajstić information content (AvgIpc) is 2.77. The number of aryl methyl sites for hydroxylation is 2. The fraction of sp³-hybridized carbons (Fsp3) is 0.333. The molecule has 1 aromatic carbocycles. The smallest absolute Gasteiger partial charge is 0.125 e. The number of aliphatic hydroxyl groups excluding tert-OH is 1. The molecular formula is C15H18O2S. The number of aliphatic hydroxyl groups is 1. The molecule has 1 atom stereocenters. The van der Waals surface area contributed by atoms with Crippen LogP contribution < -0.4 is 4.74 Å². The molecule has 18 heavy (non-hydrogen) atoms. The Morgan fingerprint density at radius 2 is 2.00 bits per heavy atom. The first kappa shape index (κ1) is 13.1. The van der Waals surface area contributed by atoms with Crippen molar-refractivity contribution < 1.29 is 9.84 Å². The van der Waals surface area contributed by atoms with Gasteiger partial charge in [-0.1, -0.05) is 11.6 Å². The first-order valence-corrected chi connectivity index (χ1v) is 7.02. The van der Waals surface area contributed by atoms with Crippen LogP contribution in [-0.2, 0) is 0 Å². The molecule has 0 aliphatic carbocycles. The summed E-state index contributed by atoms with van der Waals surface area (Å²) in [7, 11) is 0. The van der Waals surface area contributed by atoms with Crippen LogP contribution >= 0.6 is 11.3 Å². The van der Waals surface area contributed by atoms with Crippen molar-refractivity contribution in [3.63, 3.8) is 0 Å². The Morgan fingerprint density at radius 1 is 1.22 bits per heavy atom. The highest BCUT2D eigenvalue weighted by atomic mass is 32.1. The van der Waals surface area contributed by atoms with E-state index in [-0.39, 0.29) is 0 Å². The molecule has 2 aromatic rings. The third-order valence-electron chi connectivity index (χ3n) is 2.95. The van der Waals surface area contributed by atoms with Crippen LogP contribution in [0.25, 0.3) is 0 Å². The summed E-state index contributed by atoms with van der Waals surface area (Å²) in [6.07, 6.45) is -0.613. The first-order valence-electron chi connectivity index (χ1n) is 6.07. The lowest BCUT2D eigenvalue weighted by molar-refractivity contribution is 0.211. The van der Waals surface area contributed by atoms with Crippen LogP contribution in [0.2, 0.25) is 0 Å². The van der Waals surface area contributed by atoms with Gasteiger partial charge in [-0.2, -0.15) is 11.3 Å². The van der Waals surface area contributed by atoms with Crippen LogP contribution in [0.4, 0.5) is 0 Å². The van der Waals surface area contributed by atoms with E-state index in [2.05, 4.69) is 5.38 Å². The lowest BCUT2D eigenvalue weighted by atomic mass is 9.99. The van der Waals surface area contributed by atoms with Crippen LogP contribution in [0.15, 0.2) is 29.0 Å². The van der Waals surface area contributed by atoms with Crippen molar-refractivity contribution in [2.75, 3.05) is 6.61 Å². The number of benzene rings is 1. The number of ether oxygens (including phenoxy) is 1. The highest BCUT2D eigenvalue weighted by molar-refractivity contribution is 7.08. The van der Waals surface area contributed by atoms with E-state index in [0.717, 1.165) is 28.0 Å². The maximum Gasteiger partial charge on any atom is 0.125 e. The molecule has 0 spiro atoms. The predicted molar refractivity (Wildman–Crippen MR) is 75.5 cm³/mol. The highest BCUT2D eigenvalue weighted by Gasteiger charge is 2.18. The van der Waals surface area contributed by atoms with E-state index >= 15 is 0 Å². The summed E-state index contributed by atoms with van der Waals surface area (Å²) in [4.78, 5) is 0. The molecule has 0 aliphatic rings. The van der Waals surface area contributed by atoms with E-state index in [1.54, 1.807) is 11.3 Å². The van der Waals surface area contributed by atoms with Gasteiger partial charge in [0.25, 0.3) is 0 Å². The fourth-order valence-corrected chi connectivity index (χ4v) is 2.86. The van der Waals surface area contributed by atoms with Crippen LogP contribution in [-0.4, -0.2) is 11.7 Å². The van der Waals surface area contributed by atoms with Crippen molar-refractivity contribution in [3.05, 3.63) is 51.2 Å². The SMILES string of the molecule is CCOc1ccc(C)cc1C(O)c1cscc1C. The molecule has 0 fully saturated rings. The maximum atomic E-state index is 10.5. The third kappa shape index (κ3) is 2.57. The molecule has 0 amide bonds. The van der Waals surface area contributed by atoms with Gasteiger partial charge in [0.15, 0.2) is 0 Å². The van der Waals surface area contributed by atoms with Crippen LogP contribution in [0.5, 0.6) is 5.75 Å². The van der Waals surface area contributed by atoms with Gasteiger partial charge < -0.3 is 9.84 Å². The maximum absolute atomic E-state index is 10.5. The summed E-state index contributed by atoms with van der Waals surface area (Å²) in [6.45, 7) is 6.59. The largest absolute Gasteiger partial charge is 0.493 e. The number of hydrogen-bond donors (Lipinski definition) is 1. The zero-order valence-corrected chi connectivity index (χ0v) is 11.8. The normalized spacial score (nSPS) is 12.4.